The summed E-state index contributed by atoms with van der Waals surface area (Å²) in [7, 11) is 0. The molecule has 2 atom stereocenters. The van der Waals surface area contributed by atoms with Crippen molar-refractivity contribution in [2.45, 2.75) is 50.7 Å². The van der Waals surface area contributed by atoms with Crippen LogP contribution < -0.4 is 5.73 Å². The van der Waals surface area contributed by atoms with Gasteiger partial charge in [-0.2, -0.15) is 0 Å². The summed E-state index contributed by atoms with van der Waals surface area (Å²) in [6, 6.07) is 4.74. The summed E-state index contributed by atoms with van der Waals surface area (Å²) >= 11 is 5.73. The van der Waals surface area contributed by atoms with Crippen LogP contribution in [0.25, 0.3) is 0 Å². The van der Waals surface area contributed by atoms with E-state index in [9.17, 15) is 4.39 Å². The molecule has 2 rings (SSSR count). The molecule has 1 saturated heterocycles. The first-order valence-corrected chi connectivity index (χ1v) is 7.34. The summed E-state index contributed by atoms with van der Waals surface area (Å²) in [6.07, 6.45) is 6.26. The standard InChI is InChI=1S/C15H21ClFNO/c16-12-5-4-11(15(17)10-12)9-13(18)6-7-14-3-1-2-8-19-14/h4-5,10,13-14H,1-3,6-9,18H2. The molecule has 0 spiro atoms. The van der Waals surface area contributed by atoms with E-state index < -0.39 is 0 Å². The van der Waals surface area contributed by atoms with Gasteiger partial charge in [-0.25, -0.2) is 4.39 Å². The van der Waals surface area contributed by atoms with E-state index in [4.69, 9.17) is 22.1 Å². The third-order valence-electron chi connectivity index (χ3n) is 3.63. The number of nitrogens with two attached hydrogens (primary N) is 1. The molecule has 1 heterocycles. The number of halogens is 2. The number of rotatable bonds is 5. The Morgan fingerprint density at radius 2 is 2.26 bits per heavy atom. The van der Waals surface area contributed by atoms with E-state index in [2.05, 4.69) is 0 Å². The predicted octanol–water partition coefficient (Wildman–Crippen LogP) is 3.70. The minimum absolute atomic E-state index is 0.0267. The van der Waals surface area contributed by atoms with E-state index in [0.717, 1.165) is 25.9 Å². The average molecular weight is 286 g/mol. The molecule has 2 nitrogen and oxygen atoms in total. The quantitative estimate of drug-likeness (QED) is 0.895. The van der Waals surface area contributed by atoms with Crippen molar-refractivity contribution in [2.75, 3.05) is 6.61 Å². The van der Waals surface area contributed by atoms with Gasteiger partial charge in [0.2, 0.25) is 0 Å². The molecule has 0 saturated carbocycles. The summed E-state index contributed by atoms with van der Waals surface area (Å²) in [5, 5.41) is 0.422. The fraction of sp³-hybridized carbons (Fsp3) is 0.600. The first-order valence-electron chi connectivity index (χ1n) is 6.96. The molecule has 0 aliphatic carbocycles. The van der Waals surface area contributed by atoms with Gasteiger partial charge in [-0.15, -0.1) is 0 Å². The lowest BCUT2D eigenvalue weighted by Crippen LogP contribution is -2.27. The van der Waals surface area contributed by atoms with Crippen LogP contribution in [0.5, 0.6) is 0 Å². The van der Waals surface area contributed by atoms with Gasteiger partial charge in [-0.05, 0) is 56.2 Å². The Balaban J connectivity index is 1.78. The normalized spacial score (nSPS) is 21.3. The van der Waals surface area contributed by atoms with E-state index in [1.807, 2.05) is 0 Å². The van der Waals surface area contributed by atoms with Gasteiger partial charge < -0.3 is 10.5 Å². The second-order valence-corrected chi connectivity index (χ2v) is 5.70. The van der Waals surface area contributed by atoms with Crippen LogP contribution in [-0.2, 0) is 11.2 Å². The van der Waals surface area contributed by atoms with Crippen LogP contribution in [0.3, 0.4) is 0 Å². The third-order valence-corrected chi connectivity index (χ3v) is 3.87. The number of benzene rings is 1. The van der Waals surface area contributed by atoms with Gasteiger partial charge in [0.25, 0.3) is 0 Å². The molecule has 1 aliphatic heterocycles. The van der Waals surface area contributed by atoms with Gasteiger partial charge in [0.1, 0.15) is 5.82 Å². The van der Waals surface area contributed by atoms with Crippen molar-refractivity contribution in [3.8, 4) is 0 Å². The zero-order valence-electron chi connectivity index (χ0n) is 11.1. The Labute approximate surface area is 119 Å². The molecule has 1 fully saturated rings. The summed E-state index contributed by atoms with van der Waals surface area (Å²) in [4.78, 5) is 0. The fourth-order valence-corrected chi connectivity index (χ4v) is 2.67. The molecule has 19 heavy (non-hydrogen) atoms. The van der Waals surface area contributed by atoms with E-state index in [1.54, 1.807) is 12.1 Å². The smallest absolute Gasteiger partial charge is 0.127 e. The summed E-state index contributed by atoms with van der Waals surface area (Å²) < 4.78 is 19.3. The van der Waals surface area contributed by atoms with Gasteiger partial charge >= 0.3 is 0 Å². The maximum absolute atomic E-state index is 13.6. The van der Waals surface area contributed by atoms with Gasteiger partial charge in [0.15, 0.2) is 0 Å². The van der Waals surface area contributed by atoms with E-state index in [1.165, 1.54) is 18.9 Å². The highest BCUT2D eigenvalue weighted by atomic mass is 35.5. The Morgan fingerprint density at radius 1 is 1.42 bits per heavy atom. The molecule has 1 aromatic rings. The van der Waals surface area contributed by atoms with Crippen LogP contribution in [0.2, 0.25) is 5.02 Å². The zero-order chi connectivity index (χ0) is 13.7. The number of hydrogen-bond acceptors (Lipinski definition) is 2. The Bertz CT molecular complexity index is 407. The van der Waals surface area contributed by atoms with Crippen molar-refractivity contribution in [1.82, 2.24) is 0 Å². The Morgan fingerprint density at radius 3 is 2.95 bits per heavy atom. The maximum atomic E-state index is 13.6. The first kappa shape index (κ1) is 14.8. The van der Waals surface area contributed by atoms with Crippen LogP contribution in [0.15, 0.2) is 18.2 Å². The highest BCUT2D eigenvalue weighted by Crippen LogP contribution is 2.20. The van der Waals surface area contributed by atoms with Crippen molar-refractivity contribution in [1.29, 1.82) is 0 Å². The molecule has 0 aromatic heterocycles. The van der Waals surface area contributed by atoms with Gasteiger partial charge in [-0.3, -0.25) is 0 Å². The minimum Gasteiger partial charge on any atom is -0.378 e. The minimum atomic E-state index is -0.267. The monoisotopic (exact) mass is 285 g/mol. The molecule has 1 aliphatic rings. The average Bonchev–Trinajstić information content (AvgIpc) is 2.41. The van der Waals surface area contributed by atoms with Gasteiger partial charge in [0.05, 0.1) is 6.10 Å². The molecule has 0 bridgehead atoms. The van der Waals surface area contributed by atoms with Crippen LogP contribution in [0.1, 0.15) is 37.7 Å². The number of ether oxygens (including phenoxy) is 1. The third kappa shape index (κ3) is 4.75. The Kier molecular flexibility index (Phi) is 5.61. The topological polar surface area (TPSA) is 35.2 Å². The maximum Gasteiger partial charge on any atom is 0.127 e. The van der Waals surface area contributed by atoms with Crippen LogP contribution >= 0.6 is 11.6 Å². The molecular formula is C15H21ClFNO. The fourth-order valence-electron chi connectivity index (χ4n) is 2.51. The second kappa shape index (κ2) is 7.22. The summed E-state index contributed by atoms with van der Waals surface area (Å²) in [5.74, 6) is -0.267. The summed E-state index contributed by atoms with van der Waals surface area (Å²) in [5.41, 5.74) is 6.71. The van der Waals surface area contributed by atoms with E-state index >= 15 is 0 Å². The number of hydrogen-bond donors (Lipinski definition) is 1. The second-order valence-electron chi connectivity index (χ2n) is 5.27. The van der Waals surface area contributed by atoms with Crippen LogP contribution in [0.4, 0.5) is 4.39 Å². The molecule has 0 radical (unpaired) electrons. The lowest BCUT2D eigenvalue weighted by molar-refractivity contribution is 0.00915. The van der Waals surface area contributed by atoms with Crippen LogP contribution in [0, 0.1) is 5.82 Å². The van der Waals surface area contributed by atoms with Gasteiger partial charge in [0, 0.05) is 17.7 Å². The first-order chi connectivity index (χ1) is 9.15. The Hall–Kier alpha value is -0.640. The zero-order valence-corrected chi connectivity index (χ0v) is 11.8. The van der Waals surface area contributed by atoms with Crippen molar-refractivity contribution < 1.29 is 9.13 Å². The summed E-state index contributed by atoms with van der Waals surface area (Å²) in [6.45, 7) is 0.867. The van der Waals surface area contributed by atoms with Gasteiger partial charge in [-0.1, -0.05) is 17.7 Å². The molecule has 4 heteroatoms. The lowest BCUT2D eigenvalue weighted by atomic mass is 9.98. The van der Waals surface area contributed by atoms with Crippen molar-refractivity contribution in [3.63, 3.8) is 0 Å². The molecule has 1 aromatic carbocycles. The highest BCUT2D eigenvalue weighted by Gasteiger charge is 2.16. The van der Waals surface area contributed by atoms with Crippen LogP contribution in [-0.4, -0.2) is 18.8 Å². The van der Waals surface area contributed by atoms with Crippen molar-refractivity contribution >= 4 is 11.6 Å². The molecular weight excluding hydrogens is 265 g/mol. The largest absolute Gasteiger partial charge is 0.378 e. The molecule has 2 N–H and O–H groups in total. The molecule has 2 unspecified atom stereocenters. The predicted molar refractivity (Wildman–Crippen MR) is 75.9 cm³/mol. The molecule has 106 valence electrons. The highest BCUT2D eigenvalue weighted by molar-refractivity contribution is 6.30. The molecule has 0 amide bonds. The van der Waals surface area contributed by atoms with E-state index in [0.29, 0.717) is 23.1 Å². The SMILES string of the molecule is NC(CCC1CCCCO1)Cc1ccc(Cl)cc1F. The lowest BCUT2D eigenvalue weighted by Gasteiger charge is -2.23. The van der Waals surface area contributed by atoms with Crippen molar-refractivity contribution in [3.05, 3.63) is 34.6 Å². The van der Waals surface area contributed by atoms with E-state index in [-0.39, 0.29) is 11.9 Å². The van der Waals surface area contributed by atoms with Crippen molar-refractivity contribution in [2.24, 2.45) is 5.73 Å².